The molecule has 1 aliphatic heterocycles. The average Bonchev–Trinajstić information content (AvgIpc) is 3.53. The number of carbonyl (C=O) groups is 2. The van der Waals surface area contributed by atoms with Crippen molar-refractivity contribution in [2.75, 3.05) is 20.2 Å². The summed E-state index contributed by atoms with van der Waals surface area (Å²) in [5, 5.41) is 5.79. The number of nitrogens with zero attached hydrogens (tertiary/aromatic N) is 2. The maximum Gasteiger partial charge on any atom is 0.254 e. The molecule has 1 fully saturated rings. The Morgan fingerprint density at radius 1 is 1.29 bits per heavy atom. The molecule has 7 nitrogen and oxygen atoms in total. The van der Waals surface area contributed by atoms with Crippen molar-refractivity contribution in [2.45, 2.75) is 25.7 Å². The van der Waals surface area contributed by atoms with Gasteiger partial charge in [0.2, 0.25) is 11.8 Å². The minimum atomic E-state index is -0.751. The van der Waals surface area contributed by atoms with Gasteiger partial charge >= 0.3 is 0 Å². The van der Waals surface area contributed by atoms with Gasteiger partial charge in [-0.2, -0.15) is 0 Å². The molecule has 0 bridgehead atoms. The van der Waals surface area contributed by atoms with Crippen LogP contribution in [0, 0.1) is 5.41 Å². The van der Waals surface area contributed by atoms with Gasteiger partial charge in [-0.3, -0.25) is 9.59 Å². The number of thiophene rings is 1. The first-order valence-corrected chi connectivity index (χ1v) is 11.1. The molecule has 3 heterocycles. The topological polar surface area (TPSA) is 98.7 Å². The van der Waals surface area contributed by atoms with Crippen LogP contribution in [-0.4, -0.2) is 42.1 Å². The van der Waals surface area contributed by atoms with Gasteiger partial charge in [-0.15, -0.1) is 11.3 Å². The molecule has 2 N–H and O–H groups in total. The Kier molecular flexibility index (Phi) is 6.08. The first-order valence-electron chi connectivity index (χ1n) is 10.2. The van der Waals surface area contributed by atoms with Gasteiger partial charge in [0.1, 0.15) is 5.76 Å². The highest BCUT2D eigenvalue weighted by Gasteiger charge is 2.44. The molecular formula is C23H25N3O4S. The Morgan fingerprint density at radius 2 is 2.16 bits per heavy atom. The number of carbonyl (C=O) groups excluding carboxylic acids is 2. The van der Waals surface area contributed by atoms with E-state index in [0.29, 0.717) is 44.0 Å². The lowest BCUT2D eigenvalue weighted by Crippen LogP contribution is -2.42. The lowest BCUT2D eigenvalue weighted by molar-refractivity contribution is -0.132. The molecule has 0 saturated carbocycles. The van der Waals surface area contributed by atoms with Gasteiger partial charge in [-0.1, -0.05) is 30.3 Å². The summed E-state index contributed by atoms with van der Waals surface area (Å²) in [6, 6.07) is 14.0. The van der Waals surface area contributed by atoms with Crippen LogP contribution in [0.15, 0.2) is 52.4 Å². The molecule has 2 aromatic heterocycles. The maximum absolute atomic E-state index is 12.7. The van der Waals surface area contributed by atoms with Crippen LogP contribution in [0.2, 0.25) is 0 Å². The monoisotopic (exact) mass is 439 g/mol. The first-order chi connectivity index (χ1) is 15.0. The number of aryl methyl sites for hydroxylation is 1. The van der Waals surface area contributed by atoms with E-state index in [1.165, 1.54) is 12.0 Å². The van der Waals surface area contributed by atoms with E-state index in [1.54, 1.807) is 22.3 Å². The van der Waals surface area contributed by atoms with Gasteiger partial charge in [0.15, 0.2) is 0 Å². The van der Waals surface area contributed by atoms with E-state index in [-0.39, 0.29) is 18.2 Å². The minimum Gasteiger partial charge on any atom is -0.479 e. The smallest absolute Gasteiger partial charge is 0.254 e. The molecule has 1 saturated heterocycles. The third-order valence-corrected chi connectivity index (χ3v) is 6.76. The van der Waals surface area contributed by atoms with Crippen LogP contribution in [0.5, 0.6) is 5.88 Å². The number of rotatable bonds is 8. The molecule has 1 aromatic carbocycles. The normalized spacial score (nSPS) is 18.3. The second kappa shape index (κ2) is 8.93. The predicted molar refractivity (Wildman–Crippen MR) is 118 cm³/mol. The highest BCUT2D eigenvalue weighted by Crippen LogP contribution is 2.36. The Labute approximate surface area is 184 Å². The van der Waals surface area contributed by atoms with Crippen molar-refractivity contribution in [3.63, 3.8) is 0 Å². The molecule has 31 heavy (non-hydrogen) atoms. The summed E-state index contributed by atoms with van der Waals surface area (Å²) < 4.78 is 10.1. The molecule has 0 aliphatic carbocycles. The van der Waals surface area contributed by atoms with Crippen LogP contribution in [0.3, 0.4) is 0 Å². The van der Waals surface area contributed by atoms with Crippen molar-refractivity contribution in [3.8, 4) is 16.3 Å². The van der Waals surface area contributed by atoms with Crippen molar-refractivity contribution in [3.05, 3.63) is 59.2 Å². The summed E-state index contributed by atoms with van der Waals surface area (Å²) >= 11 is 1.68. The highest BCUT2D eigenvalue weighted by molar-refractivity contribution is 7.13. The quantitative estimate of drug-likeness (QED) is 0.581. The molecule has 8 heteroatoms. The number of ether oxygens (including phenoxy) is 1. The standard InChI is InChI=1S/C23H25N3O4S/c1-29-20-13-18(30-25-20)7-8-21(27)26-10-9-23(15-26,22(24)28)14-16-4-2-5-17(12-16)19-6-3-11-31-19/h2-6,11-13H,7-10,14-15H2,1H3,(H2,24,28). The summed E-state index contributed by atoms with van der Waals surface area (Å²) in [5.74, 6) is 0.604. The zero-order valence-corrected chi connectivity index (χ0v) is 18.2. The van der Waals surface area contributed by atoms with Crippen molar-refractivity contribution < 1.29 is 18.8 Å². The molecule has 3 aromatic rings. The Morgan fingerprint density at radius 3 is 2.87 bits per heavy atom. The average molecular weight is 440 g/mol. The fourth-order valence-corrected chi connectivity index (χ4v) is 4.81. The van der Waals surface area contributed by atoms with E-state index < -0.39 is 5.41 Å². The number of aromatic nitrogens is 1. The summed E-state index contributed by atoms with van der Waals surface area (Å²) in [4.78, 5) is 28.1. The fraction of sp³-hybridized carbons (Fsp3) is 0.348. The summed E-state index contributed by atoms with van der Waals surface area (Å²) in [7, 11) is 1.51. The Balaban J connectivity index is 1.42. The van der Waals surface area contributed by atoms with Crippen LogP contribution in [0.25, 0.3) is 10.4 Å². The van der Waals surface area contributed by atoms with E-state index in [4.69, 9.17) is 15.0 Å². The molecule has 162 valence electrons. The zero-order valence-electron chi connectivity index (χ0n) is 17.4. The Bertz CT molecular complexity index is 1060. The molecule has 4 rings (SSSR count). The van der Waals surface area contributed by atoms with E-state index in [1.807, 2.05) is 23.6 Å². The second-order valence-corrected chi connectivity index (χ2v) is 8.85. The van der Waals surface area contributed by atoms with Gasteiger partial charge in [0, 0.05) is 36.9 Å². The van der Waals surface area contributed by atoms with Crippen LogP contribution >= 0.6 is 11.3 Å². The van der Waals surface area contributed by atoms with E-state index >= 15 is 0 Å². The second-order valence-electron chi connectivity index (χ2n) is 7.90. The number of benzene rings is 1. The molecule has 0 radical (unpaired) electrons. The molecule has 1 unspecified atom stereocenters. The van der Waals surface area contributed by atoms with Gasteiger partial charge in [-0.25, -0.2) is 0 Å². The van der Waals surface area contributed by atoms with Crippen LogP contribution in [0.1, 0.15) is 24.2 Å². The number of hydrogen-bond donors (Lipinski definition) is 1. The van der Waals surface area contributed by atoms with Gasteiger partial charge < -0.3 is 19.9 Å². The number of methoxy groups -OCH3 is 1. The van der Waals surface area contributed by atoms with Gasteiger partial charge in [0.25, 0.3) is 5.88 Å². The van der Waals surface area contributed by atoms with Crippen LogP contribution in [-0.2, 0) is 22.4 Å². The third kappa shape index (κ3) is 4.64. The molecular weight excluding hydrogens is 414 g/mol. The number of likely N-dealkylation sites (tertiary alicyclic amines) is 1. The number of hydrogen-bond acceptors (Lipinski definition) is 6. The number of primary amides is 1. The fourth-order valence-electron chi connectivity index (χ4n) is 4.08. The molecule has 2 amide bonds. The molecule has 0 spiro atoms. The lowest BCUT2D eigenvalue weighted by Gasteiger charge is -2.26. The number of nitrogens with two attached hydrogens (primary N) is 1. The Hall–Kier alpha value is -3.13. The maximum atomic E-state index is 12.7. The largest absolute Gasteiger partial charge is 0.479 e. The van der Waals surface area contributed by atoms with E-state index in [0.717, 1.165) is 11.1 Å². The van der Waals surface area contributed by atoms with Crippen molar-refractivity contribution in [1.82, 2.24) is 10.1 Å². The first kappa shape index (κ1) is 21.1. The molecule has 1 atom stereocenters. The number of amides is 2. The predicted octanol–water partition coefficient (Wildman–Crippen LogP) is 3.29. The summed E-state index contributed by atoms with van der Waals surface area (Å²) in [6.07, 6.45) is 1.79. The molecule has 1 aliphatic rings. The zero-order chi connectivity index (χ0) is 21.8. The van der Waals surface area contributed by atoms with Crippen LogP contribution in [0.4, 0.5) is 0 Å². The van der Waals surface area contributed by atoms with Crippen molar-refractivity contribution >= 4 is 23.2 Å². The minimum absolute atomic E-state index is 0.0224. The summed E-state index contributed by atoms with van der Waals surface area (Å²) in [6.45, 7) is 0.857. The highest BCUT2D eigenvalue weighted by atomic mass is 32.1. The van der Waals surface area contributed by atoms with Crippen molar-refractivity contribution in [2.24, 2.45) is 11.1 Å². The summed E-state index contributed by atoms with van der Waals surface area (Å²) in [5.41, 5.74) is 7.27. The SMILES string of the molecule is COc1cc(CCC(=O)N2CCC(Cc3cccc(-c4cccs4)c3)(C(N)=O)C2)on1. The lowest BCUT2D eigenvalue weighted by atomic mass is 9.80. The van der Waals surface area contributed by atoms with Gasteiger partial charge in [0.05, 0.1) is 12.5 Å². The van der Waals surface area contributed by atoms with Crippen LogP contribution < -0.4 is 10.5 Å². The van der Waals surface area contributed by atoms with Crippen molar-refractivity contribution in [1.29, 1.82) is 0 Å². The third-order valence-electron chi connectivity index (χ3n) is 5.84. The van der Waals surface area contributed by atoms with E-state index in [9.17, 15) is 9.59 Å². The van der Waals surface area contributed by atoms with Gasteiger partial charge in [-0.05, 0) is 40.6 Å². The van der Waals surface area contributed by atoms with E-state index in [2.05, 4.69) is 23.4 Å².